The van der Waals surface area contributed by atoms with Crippen LogP contribution in [0.1, 0.15) is 27.2 Å². The fourth-order valence-electron chi connectivity index (χ4n) is 0.689. The van der Waals surface area contributed by atoms with Crippen LogP contribution < -0.4 is 0 Å². The lowest BCUT2D eigenvalue weighted by Gasteiger charge is -2.15. The van der Waals surface area contributed by atoms with E-state index in [9.17, 15) is 0 Å². The van der Waals surface area contributed by atoms with Gasteiger partial charge in [0.25, 0.3) is 0 Å². The molecule has 0 aliphatic carbocycles. The third-order valence-electron chi connectivity index (χ3n) is 1.36. The fraction of sp³-hybridized carbons (Fsp3) is 0.750. The standard InChI is InChI=1S/C8H18O2Si/c1-5-8(9-6-2)11-10-7(3)4/h6-8H,2,5,11H2,1,3-4H3. The molecule has 3 heteroatoms. The second kappa shape index (κ2) is 6.43. The van der Waals surface area contributed by atoms with Gasteiger partial charge in [-0.05, 0) is 20.3 Å². The molecule has 0 amide bonds. The molecule has 0 aromatic heterocycles. The summed E-state index contributed by atoms with van der Waals surface area (Å²) in [6, 6.07) is 0. The molecule has 0 spiro atoms. The molecule has 0 saturated carbocycles. The van der Waals surface area contributed by atoms with Crippen molar-refractivity contribution < 1.29 is 9.16 Å². The lowest BCUT2D eigenvalue weighted by Crippen LogP contribution is -2.23. The first kappa shape index (κ1) is 10.7. The first-order chi connectivity index (χ1) is 5.20. The smallest absolute Gasteiger partial charge is 0.205 e. The molecule has 0 aromatic rings. The molecule has 66 valence electrons. The molecule has 0 bridgehead atoms. The van der Waals surface area contributed by atoms with E-state index in [-0.39, 0.29) is 0 Å². The van der Waals surface area contributed by atoms with E-state index in [4.69, 9.17) is 9.16 Å². The van der Waals surface area contributed by atoms with Crippen LogP contribution in [0.25, 0.3) is 0 Å². The van der Waals surface area contributed by atoms with Gasteiger partial charge in [0.05, 0.1) is 6.26 Å². The molecule has 11 heavy (non-hydrogen) atoms. The largest absolute Gasteiger partial charge is 0.500 e. The summed E-state index contributed by atoms with van der Waals surface area (Å²) in [4.78, 5) is 0. The highest BCUT2D eigenvalue weighted by Gasteiger charge is 2.07. The van der Waals surface area contributed by atoms with Gasteiger partial charge in [0.1, 0.15) is 5.73 Å². The highest BCUT2D eigenvalue weighted by atomic mass is 28.2. The molecule has 0 heterocycles. The summed E-state index contributed by atoms with van der Waals surface area (Å²) in [5.74, 6) is 0. The van der Waals surface area contributed by atoms with E-state index in [1.165, 1.54) is 6.26 Å². The van der Waals surface area contributed by atoms with E-state index in [1.807, 2.05) is 13.8 Å². The average Bonchev–Trinajstić information content (AvgIpc) is 1.97. The molecule has 0 aliphatic rings. The van der Waals surface area contributed by atoms with E-state index >= 15 is 0 Å². The van der Waals surface area contributed by atoms with Crippen molar-refractivity contribution in [1.82, 2.24) is 0 Å². The summed E-state index contributed by atoms with van der Waals surface area (Å²) in [6.07, 6.45) is 2.86. The van der Waals surface area contributed by atoms with E-state index in [0.29, 0.717) is 11.8 Å². The third kappa shape index (κ3) is 6.13. The Morgan fingerprint density at radius 1 is 1.55 bits per heavy atom. The van der Waals surface area contributed by atoms with Crippen LogP contribution in [0.4, 0.5) is 0 Å². The highest BCUT2D eigenvalue weighted by molar-refractivity contribution is 6.29. The molecule has 1 unspecified atom stereocenters. The van der Waals surface area contributed by atoms with Gasteiger partial charge in [-0.15, -0.1) is 0 Å². The van der Waals surface area contributed by atoms with E-state index in [2.05, 4.69) is 13.5 Å². The monoisotopic (exact) mass is 174 g/mol. The summed E-state index contributed by atoms with van der Waals surface area (Å²) >= 11 is 0. The van der Waals surface area contributed by atoms with Crippen LogP contribution in [-0.2, 0) is 9.16 Å². The Morgan fingerprint density at radius 3 is 2.55 bits per heavy atom. The van der Waals surface area contributed by atoms with Crippen LogP contribution >= 0.6 is 0 Å². The second-order valence-corrected chi connectivity index (χ2v) is 4.29. The summed E-state index contributed by atoms with van der Waals surface area (Å²) in [5.41, 5.74) is 0.301. The summed E-state index contributed by atoms with van der Waals surface area (Å²) in [6.45, 7) is 9.72. The zero-order valence-corrected chi connectivity index (χ0v) is 9.08. The van der Waals surface area contributed by atoms with Crippen LogP contribution in [0.15, 0.2) is 12.8 Å². The lowest BCUT2D eigenvalue weighted by atomic mass is 10.5. The quantitative estimate of drug-likeness (QED) is 0.447. The van der Waals surface area contributed by atoms with Crippen LogP contribution in [0.5, 0.6) is 0 Å². The first-order valence-corrected chi connectivity index (χ1v) is 5.48. The lowest BCUT2D eigenvalue weighted by molar-refractivity contribution is 0.168. The molecule has 0 aromatic carbocycles. The maximum atomic E-state index is 5.51. The van der Waals surface area contributed by atoms with Gasteiger partial charge in [-0.1, -0.05) is 13.5 Å². The Hall–Kier alpha value is -0.283. The second-order valence-electron chi connectivity index (χ2n) is 2.72. The van der Waals surface area contributed by atoms with E-state index < -0.39 is 9.76 Å². The van der Waals surface area contributed by atoms with Crippen molar-refractivity contribution in [3.63, 3.8) is 0 Å². The van der Waals surface area contributed by atoms with Gasteiger partial charge in [0.2, 0.25) is 9.76 Å². The summed E-state index contributed by atoms with van der Waals surface area (Å²) in [7, 11) is -0.527. The molecule has 2 nitrogen and oxygen atoms in total. The molecule has 0 rings (SSSR count). The molecule has 0 saturated heterocycles. The molecular formula is C8H18O2Si. The average molecular weight is 174 g/mol. The van der Waals surface area contributed by atoms with Crippen molar-refractivity contribution >= 4 is 9.76 Å². The topological polar surface area (TPSA) is 18.5 Å². The molecule has 0 N–H and O–H groups in total. The number of ether oxygens (including phenoxy) is 1. The Morgan fingerprint density at radius 2 is 2.18 bits per heavy atom. The molecule has 0 radical (unpaired) electrons. The van der Waals surface area contributed by atoms with Gasteiger partial charge < -0.3 is 9.16 Å². The van der Waals surface area contributed by atoms with E-state index in [0.717, 1.165) is 6.42 Å². The van der Waals surface area contributed by atoms with Crippen molar-refractivity contribution in [2.45, 2.75) is 39.0 Å². The minimum absolute atomic E-state index is 0.301. The van der Waals surface area contributed by atoms with Crippen molar-refractivity contribution in [2.75, 3.05) is 0 Å². The van der Waals surface area contributed by atoms with Crippen molar-refractivity contribution in [1.29, 1.82) is 0 Å². The van der Waals surface area contributed by atoms with Gasteiger partial charge in [0.15, 0.2) is 0 Å². The van der Waals surface area contributed by atoms with Gasteiger partial charge in [0, 0.05) is 6.10 Å². The van der Waals surface area contributed by atoms with Crippen LogP contribution in [0, 0.1) is 0 Å². The normalized spacial score (nSPS) is 14.2. The van der Waals surface area contributed by atoms with Crippen molar-refractivity contribution in [2.24, 2.45) is 0 Å². The van der Waals surface area contributed by atoms with Crippen LogP contribution in [0.3, 0.4) is 0 Å². The predicted molar refractivity (Wildman–Crippen MR) is 50.1 cm³/mol. The maximum Gasteiger partial charge on any atom is 0.205 e. The number of rotatable bonds is 6. The molecular weight excluding hydrogens is 156 g/mol. The molecule has 1 atom stereocenters. The highest BCUT2D eigenvalue weighted by Crippen LogP contribution is 1.98. The van der Waals surface area contributed by atoms with Gasteiger partial charge in [-0.2, -0.15) is 0 Å². The SMILES string of the molecule is C=COC(CC)[SiH2]OC(C)C. The Kier molecular flexibility index (Phi) is 6.26. The number of hydrogen-bond donors (Lipinski definition) is 0. The maximum absolute atomic E-state index is 5.51. The zero-order chi connectivity index (χ0) is 8.69. The summed E-state index contributed by atoms with van der Waals surface area (Å²) < 4.78 is 10.8. The van der Waals surface area contributed by atoms with Crippen LogP contribution in [0.2, 0.25) is 0 Å². The fourth-order valence-corrected chi connectivity index (χ4v) is 1.74. The van der Waals surface area contributed by atoms with Gasteiger partial charge >= 0.3 is 0 Å². The molecule has 0 aliphatic heterocycles. The van der Waals surface area contributed by atoms with Gasteiger partial charge in [-0.25, -0.2) is 0 Å². The van der Waals surface area contributed by atoms with Crippen molar-refractivity contribution in [3.8, 4) is 0 Å². The Labute approximate surface area is 71.5 Å². The predicted octanol–water partition coefficient (Wildman–Crippen LogP) is 1.39. The Balaban J connectivity index is 3.43. The van der Waals surface area contributed by atoms with Crippen molar-refractivity contribution in [3.05, 3.63) is 12.8 Å². The zero-order valence-electron chi connectivity index (χ0n) is 7.67. The summed E-state index contributed by atoms with van der Waals surface area (Å²) in [5, 5.41) is 0. The minimum Gasteiger partial charge on any atom is -0.500 e. The van der Waals surface area contributed by atoms with Gasteiger partial charge in [-0.3, -0.25) is 0 Å². The Bertz CT molecular complexity index is 104. The first-order valence-electron chi connectivity index (χ1n) is 4.08. The third-order valence-corrected chi connectivity index (χ3v) is 3.36. The minimum atomic E-state index is -0.527. The molecule has 0 fully saturated rings. The number of hydrogen-bond acceptors (Lipinski definition) is 2. The van der Waals surface area contributed by atoms with E-state index in [1.54, 1.807) is 0 Å². The van der Waals surface area contributed by atoms with Crippen LogP contribution in [-0.4, -0.2) is 21.6 Å².